The lowest BCUT2D eigenvalue weighted by Gasteiger charge is -2.51. The summed E-state index contributed by atoms with van der Waals surface area (Å²) in [7, 11) is 0. The molecule has 26 heavy (non-hydrogen) atoms. The number of carbonyl (C=O) groups excluding carboxylic acids is 1. The number of rotatable bonds is 6. The molecule has 3 saturated heterocycles. The van der Waals surface area contributed by atoms with Gasteiger partial charge in [0.1, 0.15) is 6.54 Å². The van der Waals surface area contributed by atoms with E-state index < -0.39 is 0 Å². The molecule has 4 fully saturated rings. The van der Waals surface area contributed by atoms with E-state index in [4.69, 9.17) is 4.74 Å². The van der Waals surface area contributed by atoms with E-state index in [1.54, 1.807) is 11.3 Å². The highest BCUT2D eigenvalue weighted by atomic mass is 32.1. The van der Waals surface area contributed by atoms with Gasteiger partial charge >= 0.3 is 6.09 Å². The minimum Gasteiger partial charge on any atom is -0.440 e. The van der Waals surface area contributed by atoms with Crippen molar-refractivity contribution in [3.05, 3.63) is 35.0 Å². The molecule has 4 heterocycles. The number of hydrogen-bond acceptors (Lipinski definition) is 3. The molecule has 1 saturated carbocycles. The zero-order valence-electron chi connectivity index (χ0n) is 15.6. The molecule has 4 aliphatic rings. The van der Waals surface area contributed by atoms with Gasteiger partial charge in [0.2, 0.25) is 0 Å². The molecule has 0 N–H and O–H groups in total. The summed E-state index contributed by atoms with van der Waals surface area (Å²) < 4.78 is 7.22. The van der Waals surface area contributed by atoms with Crippen molar-refractivity contribution in [3.8, 4) is 0 Å². The van der Waals surface area contributed by atoms with Crippen molar-refractivity contribution < 1.29 is 14.0 Å². The van der Waals surface area contributed by atoms with E-state index in [1.165, 1.54) is 43.6 Å². The van der Waals surface area contributed by atoms with E-state index in [1.807, 2.05) is 11.0 Å². The first-order valence-electron chi connectivity index (χ1n) is 10.1. The number of amides is 1. The van der Waals surface area contributed by atoms with Crippen LogP contribution in [-0.4, -0.2) is 53.8 Å². The van der Waals surface area contributed by atoms with Gasteiger partial charge in [-0.25, -0.2) is 4.79 Å². The number of carbonyl (C=O) groups is 1. The first-order valence-corrected chi connectivity index (χ1v) is 11.0. The van der Waals surface area contributed by atoms with Crippen LogP contribution in [0, 0.1) is 5.92 Å². The van der Waals surface area contributed by atoms with Gasteiger partial charge in [-0.1, -0.05) is 25.5 Å². The largest absolute Gasteiger partial charge is 0.440 e. The zero-order chi connectivity index (χ0) is 18.0. The van der Waals surface area contributed by atoms with Crippen molar-refractivity contribution in [1.29, 1.82) is 0 Å². The maximum Gasteiger partial charge on any atom is 0.410 e. The van der Waals surface area contributed by atoms with Crippen LogP contribution in [0.2, 0.25) is 0 Å². The molecule has 0 unspecified atom stereocenters. The molecule has 4 nitrogen and oxygen atoms in total. The third kappa shape index (κ3) is 3.70. The van der Waals surface area contributed by atoms with Gasteiger partial charge in [-0.05, 0) is 30.4 Å². The topological polar surface area (TPSA) is 29.5 Å². The minimum atomic E-state index is -0.0826. The second-order valence-electron chi connectivity index (χ2n) is 8.35. The molecule has 5 rings (SSSR count). The van der Waals surface area contributed by atoms with Gasteiger partial charge in [-0.2, -0.15) is 0 Å². The Morgan fingerprint density at radius 1 is 1.31 bits per heavy atom. The van der Waals surface area contributed by atoms with Gasteiger partial charge in [0.15, 0.2) is 6.10 Å². The Bertz CT molecular complexity index is 616. The predicted octanol–water partition coefficient (Wildman–Crippen LogP) is 4.42. The summed E-state index contributed by atoms with van der Waals surface area (Å²) in [6.07, 6.45) is 9.08. The summed E-state index contributed by atoms with van der Waals surface area (Å²) >= 11 is 1.73. The van der Waals surface area contributed by atoms with Gasteiger partial charge < -0.3 is 14.1 Å². The second kappa shape index (κ2) is 7.73. The number of nitrogens with zero attached hydrogens (tertiary/aromatic N) is 2. The number of hydrogen-bond donors (Lipinski definition) is 0. The van der Waals surface area contributed by atoms with E-state index >= 15 is 0 Å². The molecule has 1 aromatic rings. The van der Waals surface area contributed by atoms with Crippen molar-refractivity contribution in [1.82, 2.24) is 4.90 Å². The number of fused-ring (bicyclic) bond motifs is 3. The van der Waals surface area contributed by atoms with Crippen LogP contribution in [0.5, 0.6) is 0 Å². The molecule has 3 aliphatic heterocycles. The highest BCUT2D eigenvalue weighted by molar-refractivity contribution is 7.09. The molecule has 5 heteroatoms. The lowest BCUT2D eigenvalue weighted by atomic mass is 9.83. The normalized spacial score (nSPS) is 31.1. The first-order chi connectivity index (χ1) is 12.7. The molecule has 1 amide bonds. The fraction of sp³-hybridized carbons (Fsp3) is 0.667. The van der Waals surface area contributed by atoms with Crippen LogP contribution in [0.4, 0.5) is 4.79 Å². The standard InChI is InChI=1S/C21H31N2O2S/c1-2-11-23-12-9-17(10-13-23)20(16-23)25-21(24)22(18-6-3-4-7-18)15-19-8-5-14-26-19/h2,5,8,14,17-18,20H,1,3-4,6-7,9-13,15-16H2/q+1/t17?,20-,23?/m0/s1. The molecule has 0 spiro atoms. The minimum absolute atomic E-state index is 0.0807. The zero-order valence-corrected chi connectivity index (χ0v) is 16.5. The monoisotopic (exact) mass is 375 g/mol. The van der Waals surface area contributed by atoms with Crippen molar-refractivity contribution >= 4 is 17.4 Å². The molecule has 0 aromatic carbocycles. The van der Waals surface area contributed by atoms with Gasteiger partial charge in [-0.3, -0.25) is 0 Å². The average molecular weight is 376 g/mol. The van der Waals surface area contributed by atoms with E-state index in [9.17, 15) is 4.79 Å². The molecular formula is C21H31N2O2S+. The lowest BCUT2D eigenvalue weighted by Crippen LogP contribution is -2.64. The Morgan fingerprint density at radius 3 is 2.73 bits per heavy atom. The Hall–Kier alpha value is -1.33. The molecular weight excluding hydrogens is 344 g/mol. The summed E-state index contributed by atoms with van der Waals surface area (Å²) in [6, 6.07) is 4.54. The molecule has 1 aliphatic carbocycles. The van der Waals surface area contributed by atoms with Crippen LogP contribution >= 0.6 is 11.3 Å². The van der Waals surface area contributed by atoms with Gasteiger partial charge in [0.25, 0.3) is 0 Å². The molecule has 1 atom stereocenters. The van der Waals surface area contributed by atoms with E-state index in [0.717, 1.165) is 30.4 Å². The number of quaternary nitrogens is 1. The van der Waals surface area contributed by atoms with Crippen LogP contribution in [-0.2, 0) is 11.3 Å². The number of thiophene rings is 1. The quantitative estimate of drug-likeness (QED) is 0.544. The second-order valence-corrected chi connectivity index (χ2v) is 9.38. The van der Waals surface area contributed by atoms with Gasteiger partial charge in [0, 0.05) is 29.7 Å². The van der Waals surface area contributed by atoms with Crippen LogP contribution in [0.25, 0.3) is 0 Å². The fourth-order valence-corrected chi connectivity index (χ4v) is 5.91. The Kier molecular flexibility index (Phi) is 5.37. The molecule has 2 bridgehead atoms. The van der Waals surface area contributed by atoms with Crippen molar-refractivity contribution in [2.45, 2.75) is 57.2 Å². The SMILES string of the molecule is C=CC[N+]12CCC(CC1)[C@@H](OC(=O)N(Cc1cccs1)C1CCCC1)C2. The van der Waals surface area contributed by atoms with Crippen molar-refractivity contribution in [3.63, 3.8) is 0 Å². The molecule has 1 aromatic heterocycles. The van der Waals surface area contributed by atoms with Crippen LogP contribution < -0.4 is 0 Å². The fourth-order valence-electron chi connectivity index (χ4n) is 5.21. The van der Waals surface area contributed by atoms with E-state index in [-0.39, 0.29) is 12.2 Å². The maximum absolute atomic E-state index is 13.1. The summed E-state index contributed by atoms with van der Waals surface area (Å²) in [5.41, 5.74) is 0. The molecule has 0 radical (unpaired) electrons. The Morgan fingerprint density at radius 2 is 2.08 bits per heavy atom. The van der Waals surface area contributed by atoms with E-state index in [0.29, 0.717) is 18.5 Å². The van der Waals surface area contributed by atoms with Crippen LogP contribution in [0.1, 0.15) is 43.4 Å². The van der Waals surface area contributed by atoms with Crippen LogP contribution in [0.3, 0.4) is 0 Å². The third-order valence-corrected chi connectivity index (χ3v) is 7.58. The van der Waals surface area contributed by atoms with Crippen molar-refractivity contribution in [2.75, 3.05) is 26.2 Å². The van der Waals surface area contributed by atoms with Gasteiger partial charge in [0.05, 0.1) is 26.2 Å². The summed E-state index contributed by atoms with van der Waals surface area (Å²) in [5.74, 6) is 0.552. The molecule has 142 valence electrons. The number of ether oxygens (including phenoxy) is 1. The highest BCUT2D eigenvalue weighted by Gasteiger charge is 2.47. The predicted molar refractivity (Wildman–Crippen MR) is 105 cm³/mol. The number of piperidine rings is 3. The van der Waals surface area contributed by atoms with Gasteiger partial charge in [-0.15, -0.1) is 11.3 Å². The maximum atomic E-state index is 13.1. The average Bonchev–Trinajstić information content (AvgIpc) is 3.34. The lowest BCUT2D eigenvalue weighted by molar-refractivity contribution is -0.941. The summed E-state index contributed by atoms with van der Waals surface area (Å²) in [6.45, 7) is 9.05. The third-order valence-electron chi connectivity index (χ3n) is 6.72. The Balaban J connectivity index is 1.45. The van der Waals surface area contributed by atoms with Crippen LogP contribution in [0.15, 0.2) is 30.2 Å². The highest BCUT2D eigenvalue weighted by Crippen LogP contribution is 2.36. The first kappa shape index (κ1) is 18.1. The smallest absolute Gasteiger partial charge is 0.410 e. The summed E-state index contributed by atoms with van der Waals surface area (Å²) in [5, 5.41) is 2.09. The van der Waals surface area contributed by atoms with E-state index in [2.05, 4.69) is 24.1 Å². The summed E-state index contributed by atoms with van der Waals surface area (Å²) in [4.78, 5) is 16.4. The van der Waals surface area contributed by atoms with Crippen molar-refractivity contribution in [2.24, 2.45) is 5.92 Å². The Labute approximate surface area is 161 Å².